The zero-order valence-electron chi connectivity index (χ0n) is 14.6. The predicted molar refractivity (Wildman–Crippen MR) is 97.9 cm³/mol. The predicted octanol–water partition coefficient (Wildman–Crippen LogP) is 0.953. The Balaban J connectivity index is 1.84. The monoisotopic (exact) mass is 355 g/mol. The summed E-state index contributed by atoms with van der Waals surface area (Å²) >= 11 is 0. The Morgan fingerprint density at radius 3 is 2.77 bits per heavy atom. The number of ether oxygens (including phenoxy) is 2. The summed E-state index contributed by atoms with van der Waals surface area (Å²) in [7, 11) is 1.67. The molecule has 2 N–H and O–H groups in total. The van der Waals surface area contributed by atoms with E-state index in [1.54, 1.807) is 25.6 Å². The molecule has 0 unspecified atom stereocenters. The quantitative estimate of drug-likeness (QED) is 0.721. The second kappa shape index (κ2) is 7.22. The minimum absolute atomic E-state index is 0.475. The Bertz CT molecular complexity index is 888. The van der Waals surface area contributed by atoms with Gasteiger partial charge >= 0.3 is 0 Å². The maximum atomic E-state index is 5.73. The van der Waals surface area contributed by atoms with E-state index >= 15 is 0 Å². The van der Waals surface area contributed by atoms with Gasteiger partial charge in [0.1, 0.15) is 5.82 Å². The number of pyridine rings is 1. The minimum atomic E-state index is 0.475. The van der Waals surface area contributed by atoms with Crippen LogP contribution in [-0.2, 0) is 16.0 Å². The van der Waals surface area contributed by atoms with Crippen LogP contribution >= 0.6 is 0 Å². The van der Waals surface area contributed by atoms with E-state index in [-0.39, 0.29) is 0 Å². The molecule has 9 heteroatoms. The standard InChI is InChI=1S/C17H21N7O2/c1-25-7-6-24-16-13(11-20-24)15(12-2-3-14(18)19-10-12)21-17(22-16)23-4-8-26-9-5-23/h2-3,10-11H,4-9H2,1H3,(H2,18,19). The molecule has 0 bridgehead atoms. The molecule has 1 fully saturated rings. The Kier molecular flexibility index (Phi) is 4.63. The van der Waals surface area contributed by atoms with Crippen molar-refractivity contribution in [2.45, 2.75) is 6.54 Å². The molecule has 0 aromatic carbocycles. The van der Waals surface area contributed by atoms with E-state index < -0.39 is 0 Å². The van der Waals surface area contributed by atoms with Gasteiger partial charge in [-0.15, -0.1) is 0 Å². The number of methoxy groups -OCH3 is 1. The second-order valence-corrected chi connectivity index (χ2v) is 6.04. The van der Waals surface area contributed by atoms with Crippen molar-refractivity contribution >= 4 is 22.8 Å². The number of aromatic nitrogens is 5. The Labute approximate surface area is 150 Å². The van der Waals surface area contributed by atoms with Crippen LogP contribution in [0.4, 0.5) is 11.8 Å². The fraction of sp³-hybridized carbons (Fsp3) is 0.412. The summed E-state index contributed by atoms with van der Waals surface area (Å²) in [5.41, 5.74) is 8.19. The van der Waals surface area contributed by atoms with Crippen LogP contribution in [0.1, 0.15) is 0 Å². The average molecular weight is 355 g/mol. The summed E-state index contributed by atoms with van der Waals surface area (Å²) in [5.74, 6) is 1.15. The first kappa shape index (κ1) is 16.7. The van der Waals surface area contributed by atoms with Gasteiger partial charge in [0.2, 0.25) is 5.95 Å². The molecule has 3 aromatic rings. The third kappa shape index (κ3) is 3.18. The number of rotatable bonds is 5. The van der Waals surface area contributed by atoms with Crippen molar-refractivity contribution < 1.29 is 9.47 Å². The van der Waals surface area contributed by atoms with Gasteiger partial charge in [0.25, 0.3) is 0 Å². The lowest BCUT2D eigenvalue weighted by molar-refractivity contribution is 0.122. The van der Waals surface area contributed by atoms with Gasteiger partial charge in [-0.1, -0.05) is 0 Å². The van der Waals surface area contributed by atoms with Crippen LogP contribution in [-0.4, -0.2) is 64.8 Å². The van der Waals surface area contributed by atoms with Crippen LogP contribution in [0.15, 0.2) is 24.5 Å². The lowest BCUT2D eigenvalue weighted by Crippen LogP contribution is -2.37. The maximum Gasteiger partial charge on any atom is 0.228 e. The van der Waals surface area contributed by atoms with Crippen molar-refractivity contribution in [2.75, 3.05) is 50.7 Å². The summed E-state index contributed by atoms with van der Waals surface area (Å²) in [4.78, 5) is 15.9. The summed E-state index contributed by atoms with van der Waals surface area (Å²) in [6.45, 7) is 4.05. The molecule has 3 aromatic heterocycles. The second-order valence-electron chi connectivity index (χ2n) is 6.04. The fourth-order valence-corrected chi connectivity index (χ4v) is 2.96. The molecule has 4 heterocycles. The number of anilines is 2. The number of nitrogens with two attached hydrogens (primary N) is 1. The van der Waals surface area contributed by atoms with Crippen LogP contribution < -0.4 is 10.6 Å². The molecule has 26 heavy (non-hydrogen) atoms. The van der Waals surface area contributed by atoms with Crippen molar-refractivity contribution in [3.63, 3.8) is 0 Å². The summed E-state index contributed by atoms with van der Waals surface area (Å²) in [5, 5.41) is 5.35. The average Bonchev–Trinajstić information content (AvgIpc) is 3.10. The molecule has 0 aliphatic carbocycles. The van der Waals surface area contributed by atoms with Gasteiger partial charge in [0, 0.05) is 32.0 Å². The van der Waals surface area contributed by atoms with E-state index in [4.69, 9.17) is 25.2 Å². The topological polar surface area (TPSA) is 104 Å². The molecule has 0 spiro atoms. The van der Waals surface area contributed by atoms with Gasteiger partial charge in [0.15, 0.2) is 5.65 Å². The number of nitrogens with zero attached hydrogens (tertiary/aromatic N) is 6. The SMILES string of the molecule is COCCn1ncc2c(-c3ccc(N)nc3)nc(N3CCOCC3)nc21. The number of hydrogen-bond donors (Lipinski definition) is 1. The van der Waals surface area contributed by atoms with Crippen LogP contribution in [0.2, 0.25) is 0 Å². The van der Waals surface area contributed by atoms with Gasteiger partial charge in [-0.05, 0) is 12.1 Å². The Morgan fingerprint density at radius 2 is 2.04 bits per heavy atom. The van der Waals surface area contributed by atoms with Crippen molar-refractivity contribution in [3.05, 3.63) is 24.5 Å². The van der Waals surface area contributed by atoms with Gasteiger partial charge in [-0.25, -0.2) is 14.6 Å². The third-order valence-corrected chi connectivity index (χ3v) is 4.35. The van der Waals surface area contributed by atoms with Crippen LogP contribution in [0.3, 0.4) is 0 Å². The molecule has 0 amide bonds. The van der Waals surface area contributed by atoms with E-state index in [0.29, 0.717) is 38.1 Å². The Hall–Kier alpha value is -2.78. The number of fused-ring (bicyclic) bond motifs is 1. The van der Waals surface area contributed by atoms with Gasteiger partial charge < -0.3 is 20.1 Å². The van der Waals surface area contributed by atoms with E-state index in [0.717, 1.165) is 35.4 Å². The van der Waals surface area contributed by atoms with Crippen molar-refractivity contribution in [2.24, 2.45) is 0 Å². The normalized spacial score (nSPS) is 14.9. The number of nitrogen functional groups attached to an aromatic ring is 1. The van der Waals surface area contributed by atoms with Gasteiger partial charge in [-0.2, -0.15) is 10.1 Å². The van der Waals surface area contributed by atoms with Crippen molar-refractivity contribution in [3.8, 4) is 11.3 Å². The molecule has 136 valence electrons. The molecule has 0 saturated carbocycles. The lowest BCUT2D eigenvalue weighted by atomic mass is 10.1. The molecular weight excluding hydrogens is 334 g/mol. The largest absolute Gasteiger partial charge is 0.384 e. The highest BCUT2D eigenvalue weighted by Crippen LogP contribution is 2.28. The summed E-state index contributed by atoms with van der Waals surface area (Å²) < 4.78 is 12.5. The van der Waals surface area contributed by atoms with E-state index in [1.165, 1.54) is 0 Å². The van der Waals surface area contributed by atoms with Crippen LogP contribution in [0.25, 0.3) is 22.3 Å². The van der Waals surface area contributed by atoms with E-state index in [2.05, 4.69) is 15.0 Å². The van der Waals surface area contributed by atoms with Crippen molar-refractivity contribution in [1.29, 1.82) is 0 Å². The fourth-order valence-electron chi connectivity index (χ4n) is 2.96. The highest BCUT2D eigenvalue weighted by Gasteiger charge is 2.19. The first-order chi connectivity index (χ1) is 12.8. The van der Waals surface area contributed by atoms with Crippen LogP contribution in [0, 0.1) is 0 Å². The van der Waals surface area contributed by atoms with Crippen molar-refractivity contribution in [1.82, 2.24) is 24.7 Å². The lowest BCUT2D eigenvalue weighted by Gasteiger charge is -2.27. The van der Waals surface area contributed by atoms with E-state index in [9.17, 15) is 0 Å². The van der Waals surface area contributed by atoms with E-state index in [1.807, 2.05) is 10.7 Å². The zero-order valence-corrected chi connectivity index (χ0v) is 14.6. The first-order valence-corrected chi connectivity index (χ1v) is 8.53. The molecule has 0 radical (unpaired) electrons. The number of morpholine rings is 1. The highest BCUT2D eigenvalue weighted by atomic mass is 16.5. The third-order valence-electron chi connectivity index (χ3n) is 4.35. The maximum absolute atomic E-state index is 5.73. The molecule has 9 nitrogen and oxygen atoms in total. The molecular formula is C17H21N7O2. The molecule has 4 rings (SSSR count). The molecule has 1 aliphatic rings. The smallest absolute Gasteiger partial charge is 0.228 e. The molecule has 1 saturated heterocycles. The number of hydrogen-bond acceptors (Lipinski definition) is 8. The summed E-state index contributed by atoms with van der Waals surface area (Å²) in [6, 6.07) is 3.69. The zero-order chi connectivity index (χ0) is 17.9. The first-order valence-electron chi connectivity index (χ1n) is 8.53. The Morgan fingerprint density at radius 1 is 1.19 bits per heavy atom. The highest BCUT2D eigenvalue weighted by molar-refractivity contribution is 5.91. The van der Waals surface area contributed by atoms with Gasteiger partial charge in [0.05, 0.1) is 43.6 Å². The minimum Gasteiger partial charge on any atom is -0.384 e. The van der Waals surface area contributed by atoms with Gasteiger partial charge in [-0.3, -0.25) is 0 Å². The van der Waals surface area contributed by atoms with Crippen LogP contribution in [0.5, 0.6) is 0 Å². The summed E-state index contributed by atoms with van der Waals surface area (Å²) in [6.07, 6.45) is 3.52. The molecule has 0 atom stereocenters. The molecule has 1 aliphatic heterocycles.